The smallest absolute Gasteiger partial charge is 0.379 e. The number of benzene rings is 2. The van der Waals surface area contributed by atoms with E-state index in [-0.39, 0.29) is 5.69 Å². The zero-order chi connectivity index (χ0) is 23.7. The summed E-state index contributed by atoms with van der Waals surface area (Å²) >= 11 is 0. The number of hydrogen-bond donors (Lipinski definition) is 2. The van der Waals surface area contributed by atoms with Crippen LogP contribution in [0.2, 0.25) is 0 Å². The molecule has 0 spiro atoms. The lowest BCUT2D eigenvalue weighted by Crippen LogP contribution is -2.25. The van der Waals surface area contributed by atoms with Gasteiger partial charge in [0.1, 0.15) is 17.3 Å². The van der Waals surface area contributed by atoms with Gasteiger partial charge in [-0.05, 0) is 31.0 Å². The van der Waals surface area contributed by atoms with Crippen molar-refractivity contribution in [3.63, 3.8) is 0 Å². The van der Waals surface area contributed by atoms with Crippen molar-refractivity contribution < 1.29 is 23.4 Å². The zero-order valence-electron chi connectivity index (χ0n) is 17.9. The molecule has 0 saturated heterocycles. The molecule has 0 aliphatic heterocycles. The summed E-state index contributed by atoms with van der Waals surface area (Å²) in [6.07, 6.45) is 5.57. The molecule has 1 aliphatic carbocycles. The minimum Gasteiger partial charge on any atom is -0.477 e. The Morgan fingerprint density at radius 1 is 1.09 bits per heavy atom. The van der Waals surface area contributed by atoms with Gasteiger partial charge < -0.3 is 15.2 Å². The van der Waals surface area contributed by atoms with Crippen LogP contribution in [0.4, 0.5) is 20.3 Å². The summed E-state index contributed by atoms with van der Waals surface area (Å²) in [5.41, 5.74) is 1.30. The van der Waals surface area contributed by atoms with Crippen LogP contribution in [0.5, 0.6) is 11.5 Å². The third-order valence-corrected chi connectivity index (χ3v) is 5.39. The number of rotatable bonds is 8. The number of nitrogens with one attached hydrogen (secondary N) is 1. The fourth-order valence-corrected chi connectivity index (χ4v) is 3.51. The van der Waals surface area contributed by atoms with Crippen LogP contribution in [0, 0.1) is 0 Å². The van der Waals surface area contributed by atoms with E-state index < -0.39 is 17.5 Å². The number of carbonyl (C=O) groups is 1. The minimum absolute atomic E-state index is 0.273. The van der Waals surface area contributed by atoms with Crippen molar-refractivity contribution in [3.05, 3.63) is 84.7 Å². The van der Waals surface area contributed by atoms with Gasteiger partial charge in [-0.3, -0.25) is 4.68 Å². The molecule has 2 heterocycles. The van der Waals surface area contributed by atoms with Crippen LogP contribution in [-0.2, 0) is 10.7 Å². The monoisotopic (exact) mass is 462 g/mol. The topological polar surface area (TPSA) is 89.3 Å². The first-order valence-electron chi connectivity index (χ1n) is 10.7. The molecule has 9 heteroatoms. The van der Waals surface area contributed by atoms with E-state index in [4.69, 9.17) is 14.9 Å². The first-order valence-corrected chi connectivity index (χ1v) is 10.7. The van der Waals surface area contributed by atoms with Gasteiger partial charge in [-0.2, -0.15) is 13.9 Å². The molecule has 172 valence electrons. The molecular weight excluding hydrogens is 442 g/mol. The average Bonchev–Trinajstić information content (AvgIpc) is 3.60. The number of carboxylic acids is 1. The van der Waals surface area contributed by atoms with E-state index in [1.807, 2.05) is 41.2 Å². The second kappa shape index (κ2) is 8.58. The predicted molar refractivity (Wildman–Crippen MR) is 121 cm³/mol. The van der Waals surface area contributed by atoms with E-state index in [2.05, 4.69) is 10.3 Å². The lowest BCUT2D eigenvalue weighted by molar-refractivity contribution is -0.166. The standard InChI is InChI=1S/C25H20F2N4O3/c26-25(27,24(32)33)17-7-4-8-18(13-17)29-22-14-20(11-12-28-22)34-21-15-31(19-9-10-19)30-23(21)16-5-2-1-3-6-16/h1-8,11-15,19H,9-10H2,(H,28,29)(H,32,33). The zero-order valence-corrected chi connectivity index (χ0v) is 17.9. The Kier molecular flexibility index (Phi) is 5.45. The average molecular weight is 462 g/mol. The highest BCUT2D eigenvalue weighted by molar-refractivity contribution is 5.78. The summed E-state index contributed by atoms with van der Waals surface area (Å²) in [5, 5.41) is 16.4. The lowest BCUT2D eigenvalue weighted by Gasteiger charge is -2.13. The highest BCUT2D eigenvalue weighted by Gasteiger charge is 2.41. The minimum atomic E-state index is -3.99. The maximum Gasteiger partial charge on any atom is 0.379 e. The van der Waals surface area contributed by atoms with Crippen molar-refractivity contribution >= 4 is 17.5 Å². The van der Waals surface area contributed by atoms with Gasteiger partial charge in [-0.1, -0.05) is 42.5 Å². The maximum atomic E-state index is 13.9. The fourth-order valence-electron chi connectivity index (χ4n) is 3.51. The molecule has 1 saturated carbocycles. The lowest BCUT2D eigenvalue weighted by atomic mass is 10.1. The molecule has 0 radical (unpaired) electrons. The van der Waals surface area contributed by atoms with Gasteiger partial charge in [0.2, 0.25) is 0 Å². The van der Waals surface area contributed by atoms with Crippen molar-refractivity contribution in [1.29, 1.82) is 0 Å². The Morgan fingerprint density at radius 3 is 2.62 bits per heavy atom. The van der Waals surface area contributed by atoms with E-state index >= 15 is 0 Å². The van der Waals surface area contributed by atoms with Crippen LogP contribution < -0.4 is 10.1 Å². The molecule has 0 unspecified atom stereocenters. The molecule has 5 rings (SSSR count). The Labute approximate surface area is 193 Å². The Hall–Kier alpha value is -4.27. The van der Waals surface area contributed by atoms with E-state index in [0.717, 1.165) is 36.2 Å². The van der Waals surface area contributed by atoms with E-state index in [9.17, 15) is 13.6 Å². The Bertz CT molecular complexity index is 1340. The molecule has 0 bridgehead atoms. The van der Waals surface area contributed by atoms with Gasteiger partial charge in [0.15, 0.2) is 5.75 Å². The van der Waals surface area contributed by atoms with Gasteiger partial charge in [0.25, 0.3) is 0 Å². The predicted octanol–water partition coefficient (Wildman–Crippen LogP) is 5.99. The molecular formula is C25H20F2N4O3. The number of pyridine rings is 1. The summed E-state index contributed by atoms with van der Waals surface area (Å²) in [6.45, 7) is 0. The first-order chi connectivity index (χ1) is 16.4. The Morgan fingerprint density at radius 2 is 1.88 bits per heavy atom. The third kappa shape index (κ3) is 4.45. The number of ether oxygens (including phenoxy) is 1. The second-order valence-corrected chi connectivity index (χ2v) is 7.98. The summed E-state index contributed by atoms with van der Waals surface area (Å²) in [7, 11) is 0. The van der Waals surface area contributed by atoms with Crippen molar-refractivity contribution in [2.45, 2.75) is 24.8 Å². The summed E-state index contributed by atoms with van der Waals surface area (Å²) in [4.78, 5) is 15.1. The van der Waals surface area contributed by atoms with Crippen LogP contribution in [0.15, 0.2) is 79.1 Å². The molecule has 1 aliphatic rings. The SMILES string of the molecule is O=C(O)C(F)(F)c1cccc(Nc2cc(Oc3cn(C4CC4)nc3-c3ccccc3)ccn2)c1. The largest absolute Gasteiger partial charge is 0.477 e. The highest BCUT2D eigenvalue weighted by Crippen LogP contribution is 2.40. The maximum absolute atomic E-state index is 13.9. The summed E-state index contributed by atoms with van der Waals surface area (Å²) in [6, 6.07) is 18.5. The van der Waals surface area contributed by atoms with Gasteiger partial charge >= 0.3 is 11.9 Å². The van der Waals surface area contributed by atoms with Crippen LogP contribution in [0.25, 0.3) is 11.3 Å². The third-order valence-electron chi connectivity index (χ3n) is 5.39. The van der Waals surface area contributed by atoms with Crippen molar-refractivity contribution in [3.8, 4) is 22.8 Å². The molecule has 1 fully saturated rings. The number of aliphatic carboxylic acids is 1. The number of hydrogen-bond acceptors (Lipinski definition) is 5. The second-order valence-electron chi connectivity index (χ2n) is 7.98. The number of anilines is 2. The molecule has 0 atom stereocenters. The van der Waals surface area contributed by atoms with Crippen molar-refractivity contribution in [1.82, 2.24) is 14.8 Å². The van der Waals surface area contributed by atoms with Crippen LogP contribution in [0.1, 0.15) is 24.4 Å². The fraction of sp³-hybridized carbons (Fsp3) is 0.160. The quantitative estimate of drug-likeness (QED) is 0.334. The Balaban J connectivity index is 1.39. The number of aromatic nitrogens is 3. The number of alkyl halides is 2. The summed E-state index contributed by atoms with van der Waals surface area (Å²) < 4.78 is 35.8. The molecule has 4 aromatic rings. The van der Waals surface area contributed by atoms with Gasteiger partial charge in [-0.15, -0.1) is 0 Å². The van der Waals surface area contributed by atoms with Crippen molar-refractivity contribution in [2.75, 3.05) is 5.32 Å². The van der Waals surface area contributed by atoms with Crippen LogP contribution in [0.3, 0.4) is 0 Å². The van der Waals surface area contributed by atoms with Crippen molar-refractivity contribution in [2.24, 2.45) is 0 Å². The molecule has 34 heavy (non-hydrogen) atoms. The molecule has 0 amide bonds. The van der Waals surface area contributed by atoms with E-state index in [1.54, 1.807) is 18.2 Å². The summed E-state index contributed by atoms with van der Waals surface area (Å²) in [5.74, 6) is -4.77. The first kappa shape index (κ1) is 21.6. The molecule has 7 nitrogen and oxygen atoms in total. The van der Waals surface area contributed by atoms with Gasteiger partial charge in [0, 0.05) is 29.1 Å². The molecule has 2 N–H and O–H groups in total. The normalized spacial score (nSPS) is 13.5. The van der Waals surface area contributed by atoms with Crippen LogP contribution in [-0.4, -0.2) is 25.8 Å². The van der Waals surface area contributed by atoms with E-state index in [0.29, 0.717) is 23.4 Å². The highest BCUT2D eigenvalue weighted by atomic mass is 19.3. The number of nitrogens with zero attached hydrogens (tertiary/aromatic N) is 3. The number of halogens is 2. The van der Waals surface area contributed by atoms with Crippen LogP contribution >= 0.6 is 0 Å². The number of carboxylic acid groups (broad SMARTS) is 1. The molecule has 2 aromatic carbocycles. The van der Waals surface area contributed by atoms with Gasteiger partial charge in [0.05, 0.1) is 12.2 Å². The molecule has 2 aromatic heterocycles. The van der Waals surface area contributed by atoms with E-state index in [1.165, 1.54) is 12.3 Å². The van der Waals surface area contributed by atoms with Gasteiger partial charge in [-0.25, -0.2) is 9.78 Å².